The second kappa shape index (κ2) is 5.28. The van der Waals surface area contributed by atoms with Gasteiger partial charge in [0.1, 0.15) is 6.54 Å². The van der Waals surface area contributed by atoms with Crippen molar-refractivity contribution in [3.8, 4) is 0 Å². The summed E-state index contributed by atoms with van der Waals surface area (Å²) >= 11 is 0. The van der Waals surface area contributed by atoms with Crippen LogP contribution in [0.4, 0.5) is 4.79 Å². The van der Waals surface area contributed by atoms with E-state index in [9.17, 15) is 14.4 Å². The molecule has 0 spiro atoms. The van der Waals surface area contributed by atoms with Gasteiger partial charge in [0.2, 0.25) is 5.91 Å². The largest absolute Gasteiger partial charge is 0.355 e. The van der Waals surface area contributed by atoms with Crippen LogP contribution >= 0.6 is 0 Å². The van der Waals surface area contributed by atoms with E-state index in [4.69, 9.17) is 0 Å². The quantitative estimate of drug-likeness (QED) is 0.756. The Kier molecular flexibility index (Phi) is 3.69. The fraction of sp³-hybridized carbons (Fsp3) is 0.385. The molecule has 2 N–H and O–H groups in total. The van der Waals surface area contributed by atoms with Gasteiger partial charge in [-0.15, -0.1) is 0 Å². The van der Waals surface area contributed by atoms with Crippen LogP contribution in [0.25, 0.3) is 0 Å². The van der Waals surface area contributed by atoms with Gasteiger partial charge >= 0.3 is 6.03 Å². The van der Waals surface area contributed by atoms with Gasteiger partial charge in [0.05, 0.1) is 5.69 Å². The normalized spacial score (nSPS) is 21.8. The van der Waals surface area contributed by atoms with Gasteiger partial charge in [0.15, 0.2) is 5.54 Å². The molecule has 1 atom stereocenters. The molecule has 0 saturated carbocycles. The minimum absolute atomic E-state index is 0.291. The van der Waals surface area contributed by atoms with Crippen molar-refractivity contribution in [3.05, 3.63) is 30.1 Å². The van der Waals surface area contributed by atoms with E-state index in [1.54, 1.807) is 38.2 Å². The number of hydrogen-bond donors (Lipinski definition) is 2. The number of likely N-dealkylation sites (N-methyl/N-ethyl adjacent to an activating group) is 1. The smallest absolute Gasteiger partial charge is 0.325 e. The first-order chi connectivity index (χ1) is 9.49. The van der Waals surface area contributed by atoms with Gasteiger partial charge in [-0.1, -0.05) is 6.07 Å². The minimum Gasteiger partial charge on any atom is -0.355 e. The molecule has 1 fully saturated rings. The standard InChI is InChI=1S/C13H16N4O3/c1-3-14-10(18)8-17-11(19)13(2,16-12(17)20)9-6-4-5-7-15-9/h4-7H,3,8H2,1-2H3,(H,14,18)(H,16,20). The second-order valence-corrected chi connectivity index (χ2v) is 4.61. The van der Waals surface area contributed by atoms with Crippen LogP contribution in [0, 0.1) is 0 Å². The molecule has 2 rings (SSSR count). The van der Waals surface area contributed by atoms with Gasteiger partial charge in [-0.05, 0) is 26.0 Å². The molecule has 0 bridgehead atoms. The summed E-state index contributed by atoms with van der Waals surface area (Å²) in [5.41, 5.74) is -0.790. The number of imide groups is 1. The highest BCUT2D eigenvalue weighted by Crippen LogP contribution is 2.26. The highest BCUT2D eigenvalue weighted by atomic mass is 16.2. The molecule has 0 aromatic carbocycles. The van der Waals surface area contributed by atoms with Crippen molar-refractivity contribution in [1.82, 2.24) is 20.5 Å². The summed E-state index contributed by atoms with van der Waals surface area (Å²) in [6, 6.07) is 4.53. The molecule has 1 aromatic heterocycles. The first-order valence-corrected chi connectivity index (χ1v) is 6.31. The number of carbonyl (C=O) groups is 3. The Hall–Kier alpha value is -2.44. The Bertz CT molecular complexity index is 546. The molecule has 4 amide bonds. The van der Waals surface area contributed by atoms with Gasteiger partial charge in [-0.25, -0.2) is 4.79 Å². The molecule has 7 nitrogen and oxygen atoms in total. The lowest BCUT2D eigenvalue weighted by atomic mass is 9.97. The van der Waals surface area contributed by atoms with Crippen LogP contribution in [0.15, 0.2) is 24.4 Å². The third kappa shape index (κ3) is 2.34. The van der Waals surface area contributed by atoms with Crippen LogP contribution in [-0.4, -0.2) is 40.8 Å². The molecule has 1 aromatic rings. The van der Waals surface area contributed by atoms with Crippen LogP contribution in [0.1, 0.15) is 19.5 Å². The maximum Gasteiger partial charge on any atom is 0.325 e. The predicted octanol–water partition coefficient (Wildman–Crippen LogP) is -0.0153. The monoisotopic (exact) mass is 276 g/mol. The van der Waals surface area contributed by atoms with E-state index < -0.39 is 17.5 Å². The molecule has 1 saturated heterocycles. The number of pyridine rings is 1. The predicted molar refractivity (Wildman–Crippen MR) is 70.5 cm³/mol. The number of nitrogens with one attached hydrogen (secondary N) is 2. The highest BCUT2D eigenvalue weighted by molar-refractivity contribution is 6.08. The summed E-state index contributed by atoms with van der Waals surface area (Å²) < 4.78 is 0. The van der Waals surface area contributed by atoms with Crippen molar-refractivity contribution in [2.24, 2.45) is 0 Å². The van der Waals surface area contributed by atoms with Gasteiger partial charge in [0, 0.05) is 12.7 Å². The highest BCUT2D eigenvalue weighted by Gasteiger charge is 2.50. The van der Waals surface area contributed by atoms with Crippen LogP contribution in [0.5, 0.6) is 0 Å². The number of rotatable bonds is 4. The Balaban J connectivity index is 2.22. The van der Waals surface area contributed by atoms with Gasteiger partial charge in [-0.2, -0.15) is 0 Å². The summed E-state index contributed by atoms with van der Waals surface area (Å²) in [7, 11) is 0. The van der Waals surface area contributed by atoms with Gasteiger partial charge < -0.3 is 10.6 Å². The second-order valence-electron chi connectivity index (χ2n) is 4.61. The molecule has 0 radical (unpaired) electrons. The number of aromatic nitrogens is 1. The van der Waals surface area contributed by atoms with Crippen molar-refractivity contribution in [3.63, 3.8) is 0 Å². The molecule has 1 aliphatic rings. The Labute approximate surface area is 116 Å². The maximum atomic E-state index is 12.4. The van der Waals surface area contributed by atoms with Crippen LogP contribution in [-0.2, 0) is 15.1 Å². The van der Waals surface area contributed by atoms with E-state index in [2.05, 4.69) is 15.6 Å². The lowest BCUT2D eigenvalue weighted by Gasteiger charge is -2.20. The van der Waals surface area contributed by atoms with E-state index in [0.29, 0.717) is 12.2 Å². The molecular formula is C13H16N4O3. The Morgan fingerprint density at radius 3 is 2.80 bits per heavy atom. The van der Waals surface area contributed by atoms with Crippen molar-refractivity contribution in [2.75, 3.05) is 13.1 Å². The van der Waals surface area contributed by atoms with Crippen molar-refractivity contribution < 1.29 is 14.4 Å². The minimum atomic E-state index is -1.23. The average Bonchev–Trinajstić information content (AvgIpc) is 2.65. The van der Waals surface area contributed by atoms with E-state index in [0.717, 1.165) is 4.90 Å². The van der Waals surface area contributed by atoms with Crippen LogP contribution in [0.3, 0.4) is 0 Å². The summed E-state index contributed by atoms with van der Waals surface area (Å²) in [5, 5.41) is 5.14. The molecule has 20 heavy (non-hydrogen) atoms. The average molecular weight is 276 g/mol. The summed E-state index contributed by atoms with van der Waals surface area (Å²) in [6.07, 6.45) is 1.55. The molecule has 2 heterocycles. The molecule has 106 valence electrons. The summed E-state index contributed by atoms with van der Waals surface area (Å²) in [6.45, 7) is 3.50. The van der Waals surface area contributed by atoms with Crippen LogP contribution in [0.2, 0.25) is 0 Å². The van der Waals surface area contributed by atoms with E-state index in [-0.39, 0.29) is 12.5 Å². The zero-order valence-corrected chi connectivity index (χ0v) is 11.3. The van der Waals surface area contributed by atoms with Crippen molar-refractivity contribution in [1.29, 1.82) is 0 Å². The Morgan fingerprint density at radius 2 is 2.20 bits per heavy atom. The molecular weight excluding hydrogens is 260 g/mol. The third-order valence-electron chi connectivity index (χ3n) is 3.13. The van der Waals surface area contributed by atoms with Crippen LogP contribution < -0.4 is 10.6 Å². The first-order valence-electron chi connectivity index (χ1n) is 6.31. The lowest BCUT2D eigenvalue weighted by Crippen LogP contribution is -2.43. The van der Waals surface area contributed by atoms with Crippen molar-refractivity contribution in [2.45, 2.75) is 19.4 Å². The topological polar surface area (TPSA) is 91.4 Å². The molecule has 1 aliphatic heterocycles. The number of urea groups is 1. The molecule has 0 aliphatic carbocycles. The van der Waals surface area contributed by atoms with E-state index >= 15 is 0 Å². The zero-order valence-electron chi connectivity index (χ0n) is 11.3. The van der Waals surface area contributed by atoms with Gasteiger partial charge in [-0.3, -0.25) is 19.5 Å². The Morgan fingerprint density at radius 1 is 1.45 bits per heavy atom. The summed E-state index contributed by atoms with van der Waals surface area (Å²) in [4.78, 5) is 40.8. The fourth-order valence-electron chi connectivity index (χ4n) is 2.07. The van der Waals surface area contributed by atoms with Crippen molar-refractivity contribution >= 4 is 17.8 Å². The summed E-state index contributed by atoms with van der Waals surface area (Å²) in [5.74, 6) is -0.853. The first kappa shape index (κ1) is 14.0. The third-order valence-corrected chi connectivity index (χ3v) is 3.13. The van der Waals surface area contributed by atoms with E-state index in [1.165, 1.54) is 0 Å². The molecule has 1 unspecified atom stereocenters. The number of hydrogen-bond acceptors (Lipinski definition) is 4. The number of carbonyl (C=O) groups excluding carboxylic acids is 3. The number of nitrogens with zero attached hydrogens (tertiary/aromatic N) is 2. The SMILES string of the molecule is CCNC(=O)CN1C(=O)NC(C)(c2ccccn2)C1=O. The maximum absolute atomic E-state index is 12.4. The zero-order chi connectivity index (χ0) is 14.8. The lowest BCUT2D eigenvalue weighted by molar-refractivity contribution is -0.134. The van der Waals surface area contributed by atoms with E-state index in [1.807, 2.05) is 0 Å². The number of amides is 4. The molecule has 7 heteroatoms. The van der Waals surface area contributed by atoms with Gasteiger partial charge in [0.25, 0.3) is 5.91 Å². The fourth-order valence-corrected chi connectivity index (χ4v) is 2.07.